The van der Waals surface area contributed by atoms with Gasteiger partial charge in [0, 0.05) is 18.6 Å². The lowest BCUT2D eigenvalue weighted by atomic mass is 10.4. The van der Waals surface area contributed by atoms with E-state index in [1.54, 1.807) is 24.4 Å². The largest absolute Gasteiger partial charge is 0.331 e. The summed E-state index contributed by atoms with van der Waals surface area (Å²) in [4.78, 5) is 5.75. The van der Waals surface area contributed by atoms with Gasteiger partial charge in [-0.1, -0.05) is 15.9 Å². The molecule has 2 aromatic heterocycles. The lowest BCUT2D eigenvalue weighted by molar-refractivity contribution is 0.636. The molecule has 0 saturated heterocycles. The second kappa shape index (κ2) is 3.91. The first-order valence-corrected chi connectivity index (χ1v) is 5.32. The molecule has 0 aliphatic rings. The van der Waals surface area contributed by atoms with E-state index in [-0.39, 0.29) is 0 Å². The third-order valence-corrected chi connectivity index (χ3v) is 2.39. The van der Waals surface area contributed by atoms with Gasteiger partial charge in [0.15, 0.2) is 0 Å². The number of nitrogens with zero attached hydrogens (tertiary/aromatic N) is 5. The second-order valence-electron chi connectivity index (χ2n) is 3.00. The number of hydrogen-bond donors (Lipinski definition) is 0. The van der Waals surface area contributed by atoms with Crippen LogP contribution in [0.1, 0.15) is 11.4 Å². The van der Waals surface area contributed by atoms with E-state index in [9.17, 15) is 0 Å². The zero-order valence-corrected chi connectivity index (χ0v) is 9.35. The van der Waals surface area contributed by atoms with E-state index in [1.807, 2.05) is 10.8 Å². The molecular formula is C8H10BrN5. The molecule has 0 atom stereocenters. The van der Waals surface area contributed by atoms with Crippen LogP contribution in [0.4, 0.5) is 0 Å². The number of alkyl halides is 1. The summed E-state index contributed by atoms with van der Waals surface area (Å²) < 4.78 is 1.99. The Labute approximate surface area is 89.9 Å². The van der Waals surface area contributed by atoms with Crippen LogP contribution in [0.5, 0.6) is 0 Å². The van der Waals surface area contributed by atoms with Crippen LogP contribution in [-0.4, -0.2) is 24.5 Å². The van der Waals surface area contributed by atoms with Crippen molar-refractivity contribution in [2.24, 2.45) is 7.05 Å². The first-order chi connectivity index (χ1) is 6.78. The van der Waals surface area contributed by atoms with Crippen molar-refractivity contribution >= 4 is 15.9 Å². The van der Waals surface area contributed by atoms with Crippen molar-refractivity contribution in [2.45, 2.75) is 11.9 Å². The fraction of sp³-hybridized carbons (Fsp3) is 0.375. The molecule has 5 nitrogen and oxygen atoms in total. The molecule has 0 N–H and O–H groups in total. The molecule has 0 aliphatic carbocycles. The van der Waals surface area contributed by atoms with Gasteiger partial charge in [-0.25, -0.2) is 4.98 Å². The predicted molar refractivity (Wildman–Crippen MR) is 55.0 cm³/mol. The monoisotopic (exact) mass is 255 g/mol. The van der Waals surface area contributed by atoms with Crippen LogP contribution >= 0.6 is 15.9 Å². The van der Waals surface area contributed by atoms with E-state index in [0.717, 1.165) is 16.7 Å². The van der Waals surface area contributed by atoms with Crippen LogP contribution < -0.4 is 0 Å². The van der Waals surface area contributed by atoms with Crippen molar-refractivity contribution in [2.75, 3.05) is 0 Å². The summed E-state index contributed by atoms with van der Waals surface area (Å²) in [7, 11) is 1.81. The van der Waals surface area contributed by atoms with Crippen LogP contribution in [-0.2, 0) is 18.9 Å². The minimum Gasteiger partial charge on any atom is -0.331 e. The fourth-order valence-electron chi connectivity index (χ4n) is 1.21. The quantitative estimate of drug-likeness (QED) is 0.768. The molecule has 0 bridgehead atoms. The molecule has 2 aromatic rings. The van der Waals surface area contributed by atoms with Crippen LogP contribution in [0.3, 0.4) is 0 Å². The van der Waals surface area contributed by atoms with Gasteiger partial charge in [-0.15, -0.1) is 0 Å². The molecule has 14 heavy (non-hydrogen) atoms. The Bertz CT molecular complexity index is 419. The molecule has 2 heterocycles. The third kappa shape index (κ3) is 2.01. The Balaban J connectivity index is 2.10. The molecule has 0 amide bonds. The summed E-state index contributed by atoms with van der Waals surface area (Å²) in [6.45, 7) is 0.716. The van der Waals surface area contributed by atoms with Crippen molar-refractivity contribution in [1.29, 1.82) is 0 Å². The average Bonchev–Trinajstić information content (AvgIpc) is 2.76. The van der Waals surface area contributed by atoms with Crippen molar-refractivity contribution in [3.05, 3.63) is 30.1 Å². The van der Waals surface area contributed by atoms with E-state index < -0.39 is 0 Å². The number of imidazole rings is 1. The van der Waals surface area contributed by atoms with Gasteiger partial charge in [0.25, 0.3) is 0 Å². The Morgan fingerprint density at radius 2 is 2.29 bits per heavy atom. The third-order valence-electron chi connectivity index (χ3n) is 1.82. The Morgan fingerprint density at radius 3 is 2.86 bits per heavy atom. The highest BCUT2D eigenvalue weighted by molar-refractivity contribution is 9.08. The lowest BCUT2D eigenvalue weighted by Crippen LogP contribution is -1.99. The first kappa shape index (κ1) is 9.39. The molecular weight excluding hydrogens is 246 g/mol. The topological polar surface area (TPSA) is 48.5 Å². The van der Waals surface area contributed by atoms with E-state index in [4.69, 9.17) is 0 Å². The minimum absolute atomic E-state index is 0.716. The van der Waals surface area contributed by atoms with Crippen LogP contribution in [0.15, 0.2) is 18.7 Å². The summed E-state index contributed by atoms with van der Waals surface area (Å²) >= 11 is 3.35. The van der Waals surface area contributed by atoms with E-state index in [1.165, 1.54) is 0 Å². The number of aryl methyl sites for hydroxylation is 1. The maximum absolute atomic E-state index is 4.20. The van der Waals surface area contributed by atoms with E-state index in [2.05, 4.69) is 31.1 Å². The minimum atomic E-state index is 0.716. The van der Waals surface area contributed by atoms with Gasteiger partial charge < -0.3 is 4.57 Å². The SMILES string of the molecule is Cn1ncc(Cn2cnc(CBr)c2)n1. The Morgan fingerprint density at radius 1 is 1.43 bits per heavy atom. The number of aromatic nitrogens is 5. The van der Waals surface area contributed by atoms with Crippen LogP contribution in [0.25, 0.3) is 0 Å². The molecule has 0 radical (unpaired) electrons. The number of hydrogen-bond acceptors (Lipinski definition) is 3. The van der Waals surface area contributed by atoms with Crippen molar-refractivity contribution < 1.29 is 0 Å². The smallest absolute Gasteiger partial charge is 0.102 e. The standard InChI is InChI=1S/C8H10BrN5/c1-13-11-3-8(12-13)5-14-4-7(2-9)10-6-14/h3-4,6H,2,5H2,1H3. The molecule has 6 heteroatoms. The maximum Gasteiger partial charge on any atom is 0.102 e. The van der Waals surface area contributed by atoms with Crippen LogP contribution in [0.2, 0.25) is 0 Å². The summed E-state index contributed by atoms with van der Waals surface area (Å²) in [6, 6.07) is 0. The molecule has 0 aromatic carbocycles. The molecule has 0 unspecified atom stereocenters. The highest BCUT2D eigenvalue weighted by Crippen LogP contribution is 2.03. The molecule has 74 valence electrons. The lowest BCUT2D eigenvalue weighted by Gasteiger charge is -1.95. The van der Waals surface area contributed by atoms with Gasteiger partial charge in [0.2, 0.25) is 0 Å². The average molecular weight is 256 g/mol. The van der Waals surface area contributed by atoms with Crippen molar-refractivity contribution in [3.63, 3.8) is 0 Å². The Hall–Kier alpha value is -1.17. The van der Waals surface area contributed by atoms with Gasteiger partial charge in [0.05, 0.1) is 24.8 Å². The van der Waals surface area contributed by atoms with Crippen molar-refractivity contribution in [1.82, 2.24) is 24.5 Å². The summed E-state index contributed by atoms with van der Waals surface area (Å²) in [6.07, 6.45) is 5.54. The normalized spacial score (nSPS) is 10.7. The Kier molecular flexibility index (Phi) is 2.62. The number of halogens is 1. The van der Waals surface area contributed by atoms with Gasteiger partial charge in [-0.2, -0.15) is 15.0 Å². The van der Waals surface area contributed by atoms with Gasteiger partial charge in [-0.3, -0.25) is 0 Å². The number of rotatable bonds is 3. The predicted octanol–water partition coefficient (Wildman–Crippen LogP) is 0.955. The summed E-state index contributed by atoms with van der Waals surface area (Å²) in [5.74, 6) is 0. The summed E-state index contributed by atoms with van der Waals surface area (Å²) in [5, 5.41) is 8.97. The molecule has 0 spiro atoms. The van der Waals surface area contributed by atoms with Gasteiger partial charge in [-0.05, 0) is 0 Å². The first-order valence-electron chi connectivity index (χ1n) is 4.20. The van der Waals surface area contributed by atoms with Gasteiger partial charge in [0.1, 0.15) is 5.69 Å². The molecule has 0 aliphatic heterocycles. The van der Waals surface area contributed by atoms with Crippen molar-refractivity contribution in [3.8, 4) is 0 Å². The molecule has 0 saturated carbocycles. The fourth-order valence-corrected chi connectivity index (χ4v) is 1.50. The zero-order chi connectivity index (χ0) is 9.97. The zero-order valence-electron chi connectivity index (χ0n) is 7.76. The summed E-state index contributed by atoms with van der Waals surface area (Å²) in [5.41, 5.74) is 1.96. The maximum atomic E-state index is 4.20. The highest BCUT2D eigenvalue weighted by Gasteiger charge is 2.01. The van der Waals surface area contributed by atoms with E-state index >= 15 is 0 Å². The highest BCUT2D eigenvalue weighted by atomic mass is 79.9. The second-order valence-corrected chi connectivity index (χ2v) is 3.56. The molecule has 0 fully saturated rings. The van der Waals surface area contributed by atoms with E-state index in [0.29, 0.717) is 6.54 Å². The van der Waals surface area contributed by atoms with Gasteiger partial charge >= 0.3 is 0 Å². The van der Waals surface area contributed by atoms with Crippen LogP contribution in [0, 0.1) is 0 Å². The molecule has 2 rings (SSSR count).